The van der Waals surface area contributed by atoms with E-state index in [1.165, 1.54) is 0 Å². The Kier molecular flexibility index (Phi) is 5.96. The molecule has 26 heavy (non-hydrogen) atoms. The Hall–Kier alpha value is -3.18. The van der Waals surface area contributed by atoms with Crippen molar-refractivity contribution in [3.63, 3.8) is 0 Å². The third-order valence-corrected chi connectivity index (χ3v) is 3.89. The molecule has 0 saturated heterocycles. The Morgan fingerprint density at radius 2 is 1.81 bits per heavy atom. The Balaban J connectivity index is 1.56. The second-order valence-electron chi connectivity index (χ2n) is 5.81. The van der Waals surface area contributed by atoms with Gasteiger partial charge < -0.3 is 15.2 Å². The molecule has 5 heteroatoms. The molecule has 0 saturated carbocycles. The number of aromatic nitrogens is 1. The highest BCUT2D eigenvalue weighted by atomic mass is 16.5. The van der Waals surface area contributed by atoms with Gasteiger partial charge in [0.25, 0.3) is 5.91 Å². The number of aliphatic hydroxyl groups is 1. The minimum atomic E-state index is -0.818. The Bertz CT molecular complexity index is 838. The first-order valence-electron chi connectivity index (χ1n) is 8.35. The van der Waals surface area contributed by atoms with Crippen LogP contribution in [-0.2, 0) is 6.61 Å². The molecular weight excluding hydrogens is 328 g/mol. The van der Waals surface area contributed by atoms with Gasteiger partial charge in [0.1, 0.15) is 12.4 Å². The Morgan fingerprint density at radius 3 is 2.58 bits per heavy atom. The fourth-order valence-electron chi connectivity index (χ4n) is 2.47. The van der Waals surface area contributed by atoms with Gasteiger partial charge in [0.05, 0.1) is 6.10 Å². The monoisotopic (exact) mass is 348 g/mol. The standard InChI is InChI=1S/C21H20N2O3/c24-20(14-23-21(25)17-9-11-22-12-10-17)18-7-4-8-19(13-18)26-15-16-5-2-1-3-6-16/h1-13,20,24H,14-15H2,(H,23,25). The van der Waals surface area contributed by atoms with Crippen LogP contribution < -0.4 is 10.1 Å². The molecule has 1 aromatic heterocycles. The van der Waals surface area contributed by atoms with Crippen molar-refractivity contribution in [2.45, 2.75) is 12.7 Å². The second-order valence-corrected chi connectivity index (χ2v) is 5.81. The molecular formula is C21H20N2O3. The first-order valence-corrected chi connectivity index (χ1v) is 8.35. The molecule has 1 atom stereocenters. The number of pyridine rings is 1. The molecule has 0 aliphatic rings. The van der Waals surface area contributed by atoms with Gasteiger partial charge in [0.15, 0.2) is 0 Å². The van der Waals surface area contributed by atoms with E-state index < -0.39 is 6.10 Å². The number of hydrogen-bond donors (Lipinski definition) is 2. The first kappa shape index (κ1) is 17.6. The van der Waals surface area contributed by atoms with Crippen LogP contribution in [0, 0.1) is 0 Å². The van der Waals surface area contributed by atoms with E-state index in [0.717, 1.165) is 5.56 Å². The van der Waals surface area contributed by atoms with Crippen LogP contribution in [0.2, 0.25) is 0 Å². The molecule has 0 radical (unpaired) electrons. The molecule has 2 aromatic carbocycles. The zero-order chi connectivity index (χ0) is 18.2. The number of nitrogens with zero attached hydrogens (tertiary/aromatic N) is 1. The van der Waals surface area contributed by atoms with E-state index in [1.54, 1.807) is 36.7 Å². The van der Waals surface area contributed by atoms with Crippen LogP contribution in [0.1, 0.15) is 27.6 Å². The molecule has 5 nitrogen and oxygen atoms in total. The molecule has 2 N–H and O–H groups in total. The largest absolute Gasteiger partial charge is 0.489 e. The molecule has 0 aliphatic carbocycles. The van der Waals surface area contributed by atoms with Crippen molar-refractivity contribution in [2.75, 3.05) is 6.54 Å². The van der Waals surface area contributed by atoms with Gasteiger partial charge in [-0.05, 0) is 35.4 Å². The van der Waals surface area contributed by atoms with E-state index in [-0.39, 0.29) is 12.5 Å². The highest BCUT2D eigenvalue weighted by Crippen LogP contribution is 2.20. The number of rotatable bonds is 7. The topological polar surface area (TPSA) is 71.5 Å². The summed E-state index contributed by atoms with van der Waals surface area (Å²) in [5.74, 6) is 0.425. The van der Waals surface area contributed by atoms with E-state index in [0.29, 0.717) is 23.5 Å². The van der Waals surface area contributed by atoms with Crippen molar-refractivity contribution in [3.8, 4) is 5.75 Å². The van der Waals surface area contributed by atoms with Gasteiger partial charge in [0.2, 0.25) is 0 Å². The summed E-state index contributed by atoms with van der Waals surface area (Å²) >= 11 is 0. The molecule has 0 bridgehead atoms. The van der Waals surface area contributed by atoms with Crippen LogP contribution in [0.5, 0.6) is 5.75 Å². The zero-order valence-electron chi connectivity index (χ0n) is 14.2. The molecule has 1 heterocycles. The average Bonchev–Trinajstić information content (AvgIpc) is 2.72. The van der Waals surface area contributed by atoms with Crippen LogP contribution >= 0.6 is 0 Å². The zero-order valence-corrected chi connectivity index (χ0v) is 14.2. The fourth-order valence-corrected chi connectivity index (χ4v) is 2.47. The van der Waals surface area contributed by atoms with Gasteiger partial charge in [-0.1, -0.05) is 42.5 Å². The number of amides is 1. The predicted molar refractivity (Wildman–Crippen MR) is 98.7 cm³/mol. The Morgan fingerprint density at radius 1 is 1.04 bits per heavy atom. The number of benzene rings is 2. The molecule has 1 unspecified atom stereocenters. The van der Waals surface area contributed by atoms with Gasteiger partial charge in [0, 0.05) is 24.5 Å². The van der Waals surface area contributed by atoms with Crippen molar-refractivity contribution in [2.24, 2.45) is 0 Å². The van der Waals surface area contributed by atoms with E-state index in [1.807, 2.05) is 42.5 Å². The summed E-state index contributed by atoms with van der Waals surface area (Å²) in [6, 6.07) is 20.4. The van der Waals surface area contributed by atoms with E-state index >= 15 is 0 Å². The summed E-state index contributed by atoms with van der Waals surface area (Å²) in [4.78, 5) is 15.9. The quantitative estimate of drug-likeness (QED) is 0.688. The third-order valence-electron chi connectivity index (χ3n) is 3.89. The molecule has 0 aliphatic heterocycles. The van der Waals surface area contributed by atoms with Crippen LogP contribution in [0.25, 0.3) is 0 Å². The normalized spacial score (nSPS) is 11.6. The highest BCUT2D eigenvalue weighted by Gasteiger charge is 2.11. The highest BCUT2D eigenvalue weighted by molar-refractivity contribution is 5.93. The molecule has 132 valence electrons. The average molecular weight is 348 g/mol. The van der Waals surface area contributed by atoms with Crippen LogP contribution in [0.4, 0.5) is 0 Å². The lowest BCUT2D eigenvalue weighted by Crippen LogP contribution is -2.28. The maximum Gasteiger partial charge on any atom is 0.251 e. The maximum atomic E-state index is 12.0. The van der Waals surface area contributed by atoms with Crippen molar-refractivity contribution in [3.05, 3.63) is 95.8 Å². The lowest BCUT2D eigenvalue weighted by molar-refractivity contribution is 0.0916. The molecule has 0 fully saturated rings. The van der Waals surface area contributed by atoms with Crippen molar-refractivity contribution in [1.29, 1.82) is 0 Å². The summed E-state index contributed by atoms with van der Waals surface area (Å²) < 4.78 is 5.77. The number of carbonyl (C=O) groups is 1. The number of hydrogen-bond acceptors (Lipinski definition) is 4. The molecule has 3 rings (SSSR count). The van der Waals surface area contributed by atoms with Gasteiger partial charge in [-0.3, -0.25) is 9.78 Å². The predicted octanol–water partition coefficient (Wildman–Crippen LogP) is 3.12. The minimum absolute atomic E-state index is 0.114. The van der Waals surface area contributed by atoms with Crippen molar-refractivity contribution < 1.29 is 14.6 Å². The molecule has 0 spiro atoms. The van der Waals surface area contributed by atoms with E-state index in [9.17, 15) is 9.90 Å². The van der Waals surface area contributed by atoms with Gasteiger partial charge in [-0.2, -0.15) is 0 Å². The van der Waals surface area contributed by atoms with Gasteiger partial charge in [-0.15, -0.1) is 0 Å². The van der Waals surface area contributed by atoms with Crippen LogP contribution in [0.15, 0.2) is 79.1 Å². The van der Waals surface area contributed by atoms with Gasteiger partial charge in [-0.25, -0.2) is 0 Å². The summed E-state index contributed by atoms with van der Waals surface area (Å²) in [6.45, 7) is 0.572. The van der Waals surface area contributed by atoms with Crippen molar-refractivity contribution >= 4 is 5.91 Å². The minimum Gasteiger partial charge on any atom is -0.489 e. The van der Waals surface area contributed by atoms with E-state index in [2.05, 4.69) is 10.3 Å². The summed E-state index contributed by atoms with van der Waals surface area (Å²) in [7, 11) is 0. The second kappa shape index (κ2) is 8.78. The van der Waals surface area contributed by atoms with Gasteiger partial charge >= 0.3 is 0 Å². The Labute approximate surface area is 152 Å². The third kappa shape index (κ3) is 4.91. The van der Waals surface area contributed by atoms with Crippen molar-refractivity contribution in [1.82, 2.24) is 10.3 Å². The summed E-state index contributed by atoms with van der Waals surface area (Å²) in [5, 5.41) is 13.1. The first-order chi connectivity index (χ1) is 12.7. The maximum absolute atomic E-state index is 12.0. The molecule has 3 aromatic rings. The smallest absolute Gasteiger partial charge is 0.251 e. The summed E-state index contributed by atoms with van der Waals surface area (Å²) in [6.07, 6.45) is 2.29. The summed E-state index contributed by atoms with van der Waals surface area (Å²) in [5.41, 5.74) is 2.26. The lowest BCUT2D eigenvalue weighted by atomic mass is 10.1. The molecule has 1 amide bonds. The number of aliphatic hydroxyl groups excluding tert-OH is 1. The number of carbonyl (C=O) groups excluding carboxylic acids is 1. The SMILES string of the molecule is O=C(NCC(O)c1cccc(OCc2ccccc2)c1)c1ccncc1. The fraction of sp³-hybridized carbons (Fsp3) is 0.143. The van der Waals surface area contributed by atoms with Crippen LogP contribution in [-0.4, -0.2) is 22.5 Å². The van der Waals surface area contributed by atoms with E-state index in [4.69, 9.17) is 4.74 Å². The number of ether oxygens (including phenoxy) is 1. The van der Waals surface area contributed by atoms with Crippen LogP contribution in [0.3, 0.4) is 0 Å². The number of nitrogens with one attached hydrogen (secondary N) is 1. The lowest BCUT2D eigenvalue weighted by Gasteiger charge is -2.14.